The van der Waals surface area contributed by atoms with Crippen LogP contribution in [-0.4, -0.2) is 21.7 Å². The third-order valence-electron chi connectivity index (χ3n) is 9.62. The van der Waals surface area contributed by atoms with E-state index in [1.807, 2.05) is 61.5 Å². The van der Waals surface area contributed by atoms with Gasteiger partial charge in [-0.25, -0.2) is 15.0 Å². The van der Waals surface area contributed by atoms with E-state index in [0.29, 0.717) is 17.5 Å². The molecule has 246 valence electrons. The van der Waals surface area contributed by atoms with Gasteiger partial charge in [0.1, 0.15) is 11.3 Å². The summed E-state index contributed by atoms with van der Waals surface area (Å²) in [5, 5.41) is 5.64. The van der Waals surface area contributed by atoms with E-state index in [9.17, 15) is 0 Å². The van der Waals surface area contributed by atoms with Gasteiger partial charge in [-0.15, -0.1) is 0 Å². The molecular formula is C47H32N4O. The molecule has 0 aliphatic rings. The van der Waals surface area contributed by atoms with Gasteiger partial charge in [0.15, 0.2) is 17.5 Å². The highest BCUT2D eigenvalue weighted by molar-refractivity contribution is 6.17. The minimum Gasteiger partial charge on any atom is -0.460 e. The molecule has 0 radical (unpaired) electrons. The van der Waals surface area contributed by atoms with Crippen LogP contribution in [0.4, 0.5) is 0 Å². The Morgan fingerprint density at radius 2 is 1.06 bits per heavy atom. The van der Waals surface area contributed by atoms with Crippen LogP contribution in [0.3, 0.4) is 0 Å². The summed E-state index contributed by atoms with van der Waals surface area (Å²) in [4.78, 5) is 19.3. The second-order valence-electron chi connectivity index (χ2n) is 12.7. The molecule has 0 bridgehead atoms. The molecule has 7 aromatic carbocycles. The Labute approximate surface area is 301 Å². The summed E-state index contributed by atoms with van der Waals surface area (Å²) in [7, 11) is 0. The number of furan rings is 1. The van der Waals surface area contributed by atoms with Crippen LogP contribution in [0.1, 0.15) is 11.3 Å². The normalized spacial score (nSPS) is 11.6. The maximum atomic E-state index is 6.71. The number of benzene rings is 7. The highest BCUT2D eigenvalue weighted by atomic mass is 16.3. The van der Waals surface area contributed by atoms with Crippen molar-refractivity contribution in [1.82, 2.24) is 15.0 Å². The Morgan fingerprint density at radius 3 is 1.77 bits per heavy atom. The number of nitrogens with zero attached hydrogens (tertiary/aromatic N) is 4. The summed E-state index contributed by atoms with van der Waals surface area (Å²) >= 11 is 0. The molecule has 0 aliphatic carbocycles. The van der Waals surface area contributed by atoms with Crippen LogP contribution in [0.2, 0.25) is 0 Å². The lowest BCUT2D eigenvalue weighted by atomic mass is 9.91. The molecule has 2 heterocycles. The first-order valence-corrected chi connectivity index (χ1v) is 17.2. The van der Waals surface area contributed by atoms with Crippen molar-refractivity contribution in [2.24, 2.45) is 4.99 Å². The van der Waals surface area contributed by atoms with Gasteiger partial charge in [-0.05, 0) is 76.2 Å². The molecule has 9 aromatic rings. The SMILES string of the molecule is C=N/C=C\c1c(C)oc2c(-c3cc4ccccc4c4ccccc34)ccc(-c3nc(-c4ccccc4)nc(-c4ccc(-c5ccccc5)cc4)n3)c12. The van der Waals surface area contributed by atoms with E-state index in [0.717, 1.165) is 66.6 Å². The van der Waals surface area contributed by atoms with E-state index >= 15 is 0 Å². The largest absolute Gasteiger partial charge is 0.460 e. The van der Waals surface area contributed by atoms with Crippen molar-refractivity contribution < 1.29 is 4.42 Å². The average molecular weight is 669 g/mol. The van der Waals surface area contributed by atoms with E-state index in [2.05, 4.69) is 115 Å². The Hall–Kier alpha value is -6.98. The van der Waals surface area contributed by atoms with Gasteiger partial charge in [0.2, 0.25) is 0 Å². The van der Waals surface area contributed by atoms with Crippen molar-refractivity contribution in [2.75, 3.05) is 0 Å². The number of aliphatic imine (C=N–C) groups is 1. The van der Waals surface area contributed by atoms with Crippen molar-refractivity contribution in [1.29, 1.82) is 0 Å². The molecule has 0 N–H and O–H groups in total. The number of fused-ring (bicyclic) bond motifs is 4. The smallest absolute Gasteiger partial charge is 0.164 e. The summed E-state index contributed by atoms with van der Waals surface area (Å²) in [5.41, 5.74) is 8.67. The summed E-state index contributed by atoms with van der Waals surface area (Å²) < 4.78 is 6.71. The number of aryl methyl sites for hydroxylation is 1. The van der Waals surface area contributed by atoms with Crippen LogP contribution in [0, 0.1) is 6.92 Å². The molecule has 0 fully saturated rings. The highest BCUT2D eigenvalue weighted by Crippen LogP contribution is 2.44. The monoisotopic (exact) mass is 668 g/mol. The molecule has 5 heteroatoms. The maximum Gasteiger partial charge on any atom is 0.164 e. The minimum absolute atomic E-state index is 0.554. The Morgan fingerprint density at radius 1 is 0.519 bits per heavy atom. The van der Waals surface area contributed by atoms with Gasteiger partial charge in [0, 0.05) is 39.4 Å². The number of hydrogen-bond donors (Lipinski definition) is 0. The van der Waals surface area contributed by atoms with Gasteiger partial charge in [0.25, 0.3) is 0 Å². The fraction of sp³-hybridized carbons (Fsp3) is 0.0213. The lowest BCUT2D eigenvalue weighted by Gasteiger charge is -2.14. The first kappa shape index (κ1) is 31.0. The van der Waals surface area contributed by atoms with Crippen LogP contribution in [-0.2, 0) is 0 Å². The fourth-order valence-corrected chi connectivity index (χ4v) is 7.13. The molecule has 2 aromatic heterocycles. The summed E-state index contributed by atoms with van der Waals surface area (Å²) in [6.07, 6.45) is 3.64. The first-order chi connectivity index (χ1) is 25.7. The van der Waals surface area contributed by atoms with Crippen LogP contribution in [0.5, 0.6) is 0 Å². The van der Waals surface area contributed by atoms with Gasteiger partial charge in [-0.1, -0.05) is 133 Å². The molecule has 5 nitrogen and oxygen atoms in total. The standard InChI is InChI=1S/C47H32N4O/c1-30-36(27-28-48-2)43-41(26-25-40(44(43)52-30)42-29-35-17-9-10-18-37(35)38-19-11-12-20-39(38)42)47-50-45(33-15-7-4-8-16-33)49-46(51-47)34-23-21-32(22-24-34)31-13-5-3-6-14-31/h3-29H,2H2,1H3/b28-27-. The third kappa shape index (κ3) is 5.45. The zero-order valence-electron chi connectivity index (χ0n) is 28.5. The number of rotatable bonds is 7. The quantitative estimate of drug-likeness (QED) is 0.125. The second-order valence-corrected chi connectivity index (χ2v) is 12.7. The van der Waals surface area contributed by atoms with Crippen LogP contribution in [0.15, 0.2) is 167 Å². The van der Waals surface area contributed by atoms with Crippen molar-refractivity contribution >= 4 is 45.3 Å². The topological polar surface area (TPSA) is 64.2 Å². The summed E-state index contributed by atoms with van der Waals surface area (Å²) in [6, 6.07) is 52.4. The predicted octanol–water partition coefficient (Wildman–Crippen LogP) is 12.2. The molecule has 0 spiro atoms. The molecule has 9 rings (SSSR count). The van der Waals surface area contributed by atoms with Crippen molar-refractivity contribution in [3.63, 3.8) is 0 Å². The molecule has 0 saturated heterocycles. The summed E-state index contributed by atoms with van der Waals surface area (Å²) in [5.74, 6) is 2.50. The lowest BCUT2D eigenvalue weighted by molar-refractivity contribution is 0.578. The van der Waals surface area contributed by atoms with Crippen molar-refractivity contribution in [2.45, 2.75) is 6.92 Å². The molecule has 0 saturated carbocycles. The molecule has 0 amide bonds. The van der Waals surface area contributed by atoms with Gasteiger partial charge < -0.3 is 4.42 Å². The minimum atomic E-state index is 0.554. The Balaban J connectivity index is 1.29. The summed E-state index contributed by atoms with van der Waals surface area (Å²) in [6.45, 7) is 5.68. The zero-order valence-corrected chi connectivity index (χ0v) is 28.5. The molecule has 52 heavy (non-hydrogen) atoms. The lowest BCUT2D eigenvalue weighted by Crippen LogP contribution is -2.01. The predicted molar refractivity (Wildman–Crippen MR) is 215 cm³/mol. The molecule has 0 aliphatic heterocycles. The van der Waals surface area contributed by atoms with Crippen molar-refractivity contribution in [3.05, 3.63) is 169 Å². The van der Waals surface area contributed by atoms with Gasteiger partial charge in [-0.3, -0.25) is 4.99 Å². The van der Waals surface area contributed by atoms with Gasteiger partial charge in [0.05, 0.1) is 0 Å². The Bertz CT molecular complexity index is 2800. The van der Waals surface area contributed by atoms with E-state index in [4.69, 9.17) is 19.4 Å². The zero-order chi connectivity index (χ0) is 35.0. The van der Waals surface area contributed by atoms with E-state index in [1.165, 1.54) is 16.2 Å². The van der Waals surface area contributed by atoms with E-state index < -0.39 is 0 Å². The molecular weight excluding hydrogens is 637 g/mol. The Kier molecular flexibility index (Phi) is 7.79. The van der Waals surface area contributed by atoms with Gasteiger partial charge >= 0.3 is 0 Å². The highest BCUT2D eigenvalue weighted by Gasteiger charge is 2.23. The van der Waals surface area contributed by atoms with Crippen molar-refractivity contribution in [3.8, 4) is 56.4 Å². The van der Waals surface area contributed by atoms with Crippen LogP contribution in [0.25, 0.3) is 95.0 Å². The van der Waals surface area contributed by atoms with E-state index in [1.54, 1.807) is 6.20 Å². The number of hydrogen-bond acceptors (Lipinski definition) is 5. The van der Waals surface area contributed by atoms with Crippen LogP contribution >= 0.6 is 0 Å². The first-order valence-electron chi connectivity index (χ1n) is 17.2. The van der Waals surface area contributed by atoms with Crippen LogP contribution < -0.4 is 0 Å². The van der Waals surface area contributed by atoms with E-state index in [-0.39, 0.29) is 0 Å². The fourth-order valence-electron chi connectivity index (χ4n) is 7.13. The molecule has 0 atom stereocenters. The third-order valence-corrected chi connectivity index (χ3v) is 9.62. The molecule has 0 unspecified atom stereocenters. The van der Waals surface area contributed by atoms with Gasteiger partial charge in [-0.2, -0.15) is 0 Å². The number of aromatic nitrogens is 3. The second kappa shape index (κ2) is 13.0. The average Bonchev–Trinajstić information content (AvgIpc) is 3.55. The maximum absolute atomic E-state index is 6.71.